The summed E-state index contributed by atoms with van der Waals surface area (Å²) in [6, 6.07) is 0. The number of primary amides is 1. The summed E-state index contributed by atoms with van der Waals surface area (Å²) < 4.78 is 4.85. The maximum atomic E-state index is 10.7. The molecule has 19 heavy (non-hydrogen) atoms. The number of piperazine rings is 1. The van der Waals surface area contributed by atoms with Gasteiger partial charge < -0.3 is 25.6 Å². The van der Waals surface area contributed by atoms with Gasteiger partial charge in [-0.1, -0.05) is 0 Å². The fourth-order valence-electron chi connectivity index (χ4n) is 2.67. The first-order chi connectivity index (χ1) is 9.27. The van der Waals surface area contributed by atoms with Crippen molar-refractivity contribution in [3.8, 4) is 0 Å². The number of piperidine rings is 1. The molecule has 108 valence electrons. The van der Waals surface area contributed by atoms with Crippen molar-refractivity contribution in [3.63, 3.8) is 0 Å². The first kappa shape index (κ1) is 14.0. The molecule has 0 aromatic rings. The van der Waals surface area contributed by atoms with Gasteiger partial charge >= 0.3 is 6.09 Å². The van der Waals surface area contributed by atoms with Gasteiger partial charge in [0.1, 0.15) is 12.4 Å². The van der Waals surface area contributed by atoms with E-state index in [0.29, 0.717) is 0 Å². The number of hydrogen-bond acceptors (Lipinski definition) is 5. The van der Waals surface area contributed by atoms with E-state index in [9.17, 15) is 4.79 Å². The molecule has 2 heterocycles. The second kappa shape index (κ2) is 7.23. The van der Waals surface area contributed by atoms with Crippen LogP contribution in [0, 0.1) is 0 Å². The van der Waals surface area contributed by atoms with Gasteiger partial charge in [0.2, 0.25) is 0 Å². The minimum absolute atomic E-state index is 0.255. The number of nitrogens with two attached hydrogens (primary N) is 1. The summed E-state index contributed by atoms with van der Waals surface area (Å²) in [6.07, 6.45) is 5.06. The van der Waals surface area contributed by atoms with Gasteiger partial charge in [0.25, 0.3) is 0 Å². The third-order valence-electron chi connectivity index (χ3n) is 3.61. The number of hydrogen-bond donors (Lipinski definition) is 2. The lowest BCUT2D eigenvalue weighted by Gasteiger charge is -2.40. The molecular formula is C13H24N4O2. The van der Waals surface area contributed by atoms with Gasteiger partial charge in [0.15, 0.2) is 0 Å². The van der Waals surface area contributed by atoms with Crippen LogP contribution in [0.1, 0.15) is 19.3 Å². The Bertz CT molecular complexity index is 301. The molecule has 0 radical (unpaired) electrons. The van der Waals surface area contributed by atoms with Gasteiger partial charge in [-0.05, 0) is 25.3 Å². The van der Waals surface area contributed by atoms with E-state index in [4.69, 9.17) is 10.5 Å². The maximum Gasteiger partial charge on any atom is 0.404 e. The third kappa shape index (κ3) is 4.31. The number of likely N-dealkylation sites (tertiary alicyclic amines) is 1. The molecule has 0 atom stereocenters. The highest BCUT2D eigenvalue weighted by Gasteiger charge is 2.20. The molecular weight excluding hydrogens is 244 g/mol. The van der Waals surface area contributed by atoms with E-state index in [1.807, 2.05) is 6.08 Å². The van der Waals surface area contributed by atoms with E-state index < -0.39 is 6.09 Å². The first-order valence-electron chi connectivity index (χ1n) is 7.10. The van der Waals surface area contributed by atoms with Crippen LogP contribution in [0.15, 0.2) is 11.9 Å². The summed E-state index contributed by atoms with van der Waals surface area (Å²) in [6.45, 7) is 6.44. The summed E-state index contributed by atoms with van der Waals surface area (Å²) in [5.74, 6) is 1.20. The average molecular weight is 268 g/mol. The number of nitrogens with one attached hydrogen (secondary N) is 1. The molecule has 0 spiro atoms. The Kier molecular flexibility index (Phi) is 5.32. The van der Waals surface area contributed by atoms with Gasteiger partial charge in [-0.15, -0.1) is 0 Å². The molecule has 2 aliphatic heterocycles. The second-order valence-electron chi connectivity index (χ2n) is 4.98. The van der Waals surface area contributed by atoms with Crippen LogP contribution < -0.4 is 11.1 Å². The van der Waals surface area contributed by atoms with Gasteiger partial charge in [-0.25, -0.2) is 4.79 Å². The molecule has 1 amide bonds. The van der Waals surface area contributed by atoms with E-state index in [1.165, 1.54) is 25.1 Å². The fraction of sp³-hybridized carbons (Fsp3) is 0.769. The summed E-state index contributed by atoms with van der Waals surface area (Å²) >= 11 is 0. The van der Waals surface area contributed by atoms with E-state index in [-0.39, 0.29) is 6.61 Å². The first-order valence-corrected chi connectivity index (χ1v) is 7.10. The minimum atomic E-state index is -0.713. The highest BCUT2D eigenvalue weighted by atomic mass is 16.5. The van der Waals surface area contributed by atoms with Crippen molar-refractivity contribution in [3.05, 3.63) is 11.9 Å². The Balaban J connectivity index is 1.99. The molecule has 0 aliphatic carbocycles. The molecule has 0 aromatic carbocycles. The van der Waals surface area contributed by atoms with Crippen LogP contribution >= 0.6 is 0 Å². The Morgan fingerprint density at radius 2 is 1.74 bits per heavy atom. The summed E-state index contributed by atoms with van der Waals surface area (Å²) in [5, 5.41) is 3.35. The molecule has 2 saturated heterocycles. The fourth-order valence-corrected chi connectivity index (χ4v) is 2.67. The molecule has 0 aromatic heterocycles. The van der Waals surface area contributed by atoms with Crippen LogP contribution in [-0.4, -0.2) is 61.8 Å². The van der Waals surface area contributed by atoms with Crippen molar-refractivity contribution in [2.24, 2.45) is 5.73 Å². The Morgan fingerprint density at radius 1 is 1.11 bits per heavy atom. The van der Waals surface area contributed by atoms with E-state index in [1.54, 1.807) is 0 Å². The van der Waals surface area contributed by atoms with E-state index >= 15 is 0 Å². The monoisotopic (exact) mass is 268 g/mol. The zero-order chi connectivity index (χ0) is 13.5. The largest absolute Gasteiger partial charge is 0.445 e. The molecule has 6 nitrogen and oxygen atoms in total. The van der Waals surface area contributed by atoms with Gasteiger partial charge in [-0.3, -0.25) is 0 Å². The molecule has 0 unspecified atom stereocenters. The van der Waals surface area contributed by atoms with Crippen molar-refractivity contribution in [1.29, 1.82) is 0 Å². The van der Waals surface area contributed by atoms with Crippen LogP contribution in [0.5, 0.6) is 0 Å². The number of ether oxygens (including phenoxy) is 1. The smallest absolute Gasteiger partial charge is 0.404 e. The topological polar surface area (TPSA) is 70.8 Å². The Labute approximate surface area is 114 Å². The zero-order valence-electron chi connectivity index (χ0n) is 11.4. The average Bonchev–Trinajstić information content (AvgIpc) is 2.45. The van der Waals surface area contributed by atoms with Gasteiger partial charge in [-0.2, -0.15) is 0 Å². The van der Waals surface area contributed by atoms with Crippen molar-refractivity contribution >= 4 is 6.09 Å². The number of rotatable bonds is 4. The van der Waals surface area contributed by atoms with Crippen LogP contribution in [0.2, 0.25) is 0 Å². The zero-order valence-corrected chi connectivity index (χ0v) is 11.4. The van der Waals surface area contributed by atoms with Gasteiger partial charge in [0, 0.05) is 39.3 Å². The highest BCUT2D eigenvalue weighted by Crippen LogP contribution is 2.18. The summed E-state index contributed by atoms with van der Waals surface area (Å²) in [5.41, 5.74) is 5.01. The van der Waals surface area contributed by atoms with Crippen LogP contribution in [-0.2, 0) is 4.74 Å². The molecule has 2 rings (SSSR count). The molecule has 6 heteroatoms. The van der Waals surface area contributed by atoms with E-state index in [0.717, 1.165) is 39.3 Å². The Morgan fingerprint density at radius 3 is 2.37 bits per heavy atom. The second-order valence-corrected chi connectivity index (χ2v) is 4.98. The van der Waals surface area contributed by atoms with Crippen molar-refractivity contribution in [1.82, 2.24) is 15.1 Å². The van der Waals surface area contributed by atoms with Crippen LogP contribution in [0.4, 0.5) is 4.79 Å². The predicted octanol–water partition coefficient (Wildman–Crippen LogP) is 0.314. The van der Waals surface area contributed by atoms with Crippen molar-refractivity contribution in [2.75, 3.05) is 45.9 Å². The summed E-state index contributed by atoms with van der Waals surface area (Å²) in [7, 11) is 0. The predicted molar refractivity (Wildman–Crippen MR) is 73.5 cm³/mol. The lowest BCUT2D eigenvalue weighted by molar-refractivity contribution is 0.155. The standard InChI is InChI=1S/C13H24N4O2/c14-13(18)19-11-4-12(16-7-2-1-3-8-16)17-9-5-15-6-10-17/h4,15H,1-3,5-11H2,(H2,14,18). The minimum Gasteiger partial charge on any atom is -0.445 e. The maximum absolute atomic E-state index is 10.7. The number of carbonyl (C=O) groups is 1. The lowest BCUT2D eigenvalue weighted by atomic mass is 10.1. The van der Waals surface area contributed by atoms with E-state index in [2.05, 4.69) is 15.1 Å². The number of amides is 1. The molecule has 0 bridgehead atoms. The Hall–Kier alpha value is -1.43. The van der Waals surface area contributed by atoms with Gasteiger partial charge in [0.05, 0.1) is 0 Å². The van der Waals surface area contributed by atoms with Crippen molar-refractivity contribution < 1.29 is 9.53 Å². The molecule has 2 aliphatic rings. The molecule has 3 N–H and O–H groups in total. The third-order valence-corrected chi connectivity index (χ3v) is 3.61. The van der Waals surface area contributed by atoms with Crippen LogP contribution in [0.25, 0.3) is 0 Å². The lowest BCUT2D eigenvalue weighted by Crippen LogP contribution is -2.47. The quantitative estimate of drug-likeness (QED) is 0.768. The normalized spacial score (nSPS) is 21.4. The highest BCUT2D eigenvalue weighted by molar-refractivity contribution is 5.64. The number of carbonyl (C=O) groups excluding carboxylic acids is 1. The van der Waals surface area contributed by atoms with Crippen molar-refractivity contribution in [2.45, 2.75) is 19.3 Å². The molecule has 2 fully saturated rings. The summed E-state index contributed by atoms with van der Waals surface area (Å²) in [4.78, 5) is 15.4. The molecule has 0 saturated carbocycles. The number of nitrogens with zero attached hydrogens (tertiary/aromatic N) is 2. The SMILES string of the molecule is NC(=O)OCC=C(N1CCCCC1)N1CCNCC1. The van der Waals surface area contributed by atoms with Crippen LogP contribution in [0.3, 0.4) is 0 Å².